The van der Waals surface area contributed by atoms with Crippen LogP contribution in [-0.2, 0) is 14.3 Å². The fourth-order valence-corrected chi connectivity index (χ4v) is 4.09. The van der Waals surface area contributed by atoms with Crippen molar-refractivity contribution in [2.45, 2.75) is 6.92 Å². The molecule has 2 aromatic rings. The summed E-state index contributed by atoms with van der Waals surface area (Å²) in [5.74, 6) is 0.159. The van der Waals surface area contributed by atoms with Crippen LogP contribution in [0.1, 0.15) is 11.1 Å². The zero-order valence-corrected chi connectivity index (χ0v) is 18.1. The first-order chi connectivity index (χ1) is 14.0. The van der Waals surface area contributed by atoms with E-state index in [2.05, 4.69) is 10.3 Å². The minimum atomic E-state index is -0.263. The maximum atomic E-state index is 13.2. The first-order valence-corrected chi connectivity index (χ1v) is 10.2. The minimum absolute atomic E-state index is 0.242. The molecule has 1 amide bonds. The van der Waals surface area contributed by atoms with Gasteiger partial charge >= 0.3 is 0 Å². The first kappa shape index (κ1) is 21.4. The number of anilines is 1. The summed E-state index contributed by atoms with van der Waals surface area (Å²) in [6, 6.07) is 3.67. The number of pyridine rings is 1. The second-order valence-electron chi connectivity index (χ2n) is 6.36. The highest BCUT2D eigenvalue weighted by Gasteiger charge is 2.32. The highest BCUT2D eigenvalue weighted by Crippen LogP contribution is 2.32. The van der Waals surface area contributed by atoms with Gasteiger partial charge in [-0.2, -0.15) is 0 Å². The normalized spacial score (nSPS) is 15.7. The quantitative estimate of drug-likeness (QED) is 0.383. The summed E-state index contributed by atoms with van der Waals surface area (Å²) >= 11 is 6.48. The molecule has 10 heteroatoms. The number of hydrogen-bond acceptors (Lipinski definition) is 8. The van der Waals surface area contributed by atoms with Crippen LogP contribution in [0.15, 0.2) is 28.0 Å². The second kappa shape index (κ2) is 9.49. The zero-order valence-electron chi connectivity index (χ0n) is 16.4. The maximum absolute atomic E-state index is 13.2. The Kier molecular flexibility index (Phi) is 7.01. The van der Waals surface area contributed by atoms with Gasteiger partial charge in [-0.1, -0.05) is 30.0 Å². The van der Waals surface area contributed by atoms with Crippen molar-refractivity contribution in [1.29, 1.82) is 0 Å². The number of aromatic nitrogens is 2. The fraction of sp³-hybridized carbons (Fsp3) is 0.368. The van der Waals surface area contributed by atoms with Crippen molar-refractivity contribution in [2.75, 3.05) is 45.8 Å². The van der Waals surface area contributed by atoms with E-state index in [0.29, 0.717) is 52.6 Å². The van der Waals surface area contributed by atoms with Gasteiger partial charge in [0.1, 0.15) is 15.8 Å². The van der Waals surface area contributed by atoms with E-state index in [9.17, 15) is 9.59 Å². The number of fused-ring (bicyclic) bond motifs is 1. The zero-order chi connectivity index (χ0) is 21.0. The molecule has 0 atom stereocenters. The number of aryl methyl sites for hydroxylation is 1. The standard InChI is InChI=1S/C19H22N4O4S2/c1-12-4-5-15-21-16(20-6-8-26-2)13(17(24)23(15)11-12)10-14-18(25)22(7-9-27-3)19(28)29-14/h4-5,10-11,20H,6-9H2,1-3H3/b14-10-. The number of thiocarbonyl (C=S) groups is 1. The van der Waals surface area contributed by atoms with E-state index in [1.165, 1.54) is 21.1 Å². The summed E-state index contributed by atoms with van der Waals surface area (Å²) in [7, 11) is 3.16. The van der Waals surface area contributed by atoms with Crippen LogP contribution in [0.25, 0.3) is 11.7 Å². The predicted octanol–water partition coefficient (Wildman–Crippen LogP) is 1.91. The van der Waals surface area contributed by atoms with Gasteiger partial charge < -0.3 is 14.8 Å². The molecule has 1 aliphatic rings. The molecule has 29 heavy (non-hydrogen) atoms. The molecular weight excluding hydrogens is 412 g/mol. The van der Waals surface area contributed by atoms with Gasteiger partial charge in [0, 0.05) is 27.0 Å². The van der Waals surface area contributed by atoms with Gasteiger partial charge in [0.25, 0.3) is 11.5 Å². The number of carbonyl (C=O) groups excluding carboxylic acids is 1. The molecule has 0 spiro atoms. The van der Waals surface area contributed by atoms with Gasteiger partial charge in [0.15, 0.2) is 0 Å². The van der Waals surface area contributed by atoms with Crippen molar-refractivity contribution in [3.63, 3.8) is 0 Å². The van der Waals surface area contributed by atoms with Gasteiger partial charge in [-0.05, 0) is 24.6 Å². The third kappa shape index (κ3) is 4.67. The molecule has 3 rings (SSSR count). The molecule has 0 bridgehead atoms. The summed E-state index contributed by atoms with van der Waals surface area (Å²) < 4.78 is 12.0. The van der Waals surface area contributed by atoms with Crippen LogP contribution in [-0.4, -0.2) is 65.0 Å². The molecule has 2 aromatic heterocycles. The third-order valence-corrected chi connectivity index (χ3v) is 5.65. The average Bonchev–Trinajstić information content (AvgIpc) is 2.96. The lowest BCUT2D eigenvalue weighted by molar-refractivity contribution is -0.122. The lowest BCUT2D eigenvalue weighted by Crippen LogP contribution is -2.31. The smallest absolute Gasteiger partial charge is 0.267 e. The molecule has 3 heterocycles. The Morgan fingerprint density at radius 3 is 2.72 bits per heavy atom. The fourth-order valence-electron chi connectivity index (χ4n) is 2.80. The Morgan fingerprint density at radius 2 is 2.00 bits per heavy atom. The monoisotopic (exact) mass is 434 g/mol. The minimum Gasteiger partial charge on any atom is -0.383 e. The Hall–Kier alpha value is -2.27. The van der Waals surface area contributed by atoms with Crippen LogP contribution in [0, 0.1) is 6.92 Å². The molecule has 8 nitrogen and oxygen atoms in total. The van der Waals surface area contributed by atoms with Crippen LogP contribution in [0.3, 0.4) is 0 Å². The van der Waals surface area contributed by atoms with E-state index >= 15 is 0 Å². The van der Waals surface area contributed by atoms with Crippen molar-refractivity contribution in [3.8, 4) is 0 Å². The number of amides is 1. The second-order valence-corrected chi connectivity index (χ2v) is 8.04. The molecule has 0 saturated carbocycles. The first-order valence-electron chi connectivity index (χ1n) is 8.96. The van der Waals surface area contributed by atoms with E-state index in [-0.39, 0.29) is 11.5 Å². The molecule has 0 radical (unpaired) electrons. The Labute approximate surface area is 177 Å². The van der Waals surface area contributed by atoms with Gasteiger partial charge in [0.2, 0.25) is 0 Å². The summed E-state index contributed by atoms with van der Waals surface area (Å²) in [4.78, 5) is 32.4. The molecule has 154 valence electrons. The Morgan fingerprint density at radius 1 is 1.24 bits per heavy atom. The molecule has 1 N–H and O–H groups in total. The van der Waals surface area contributed by atoms with Gasteiger partial charge in [-0.3, -0.25) is 18.9 Å². The van der Waals surface area contributed by atoms with Gasteiger partial charge in [-0.15, -0.1) is 0 Å². The van der Waals surface area contributed by atoms with E-state index in [4.69, 9.17) is 21.7 Å². The number of ether oxygens (including phenoxy) is 2. The SMILES string of the molecule is COCCNc1nc2ccc(C)cn2c(=O)c1/C=C1\SC(=S)N(CCOC)C1=O. The van der Waals surface area contributed by atoms with Crippen LogP contribution in [0.4, 0.5) is 5.82 Å². The molecule has 0 aliphatic carbocycles. The molecule has 1 saturated heterocycles. The molecule has 0 aromatic carbocycles. The maximum Gasteiger partial charge on any atom is 0.267 e. The molecule has 1 fully saturated rings. The largest absolute Gasteiger partial charge is 0.383 e. The highest BCUT2D eigenvalue weighted by molar-refractivity contribution is 8.26. The Balaban J connectivity index is 2.06. The van der Waals surface area contributed by atoms with Crippen LogP contribution in [0.5, 0.6) is 0 Å². The molecule has 1 aliphatic heterocycles. The summed E-state index contributed by atoms with van der Waals surface area (Å²) in [6.45, 7) is 3.57. The third-order valence-electron chi connectivity index (χ3n) is 4.27. The lowest BCUT2D eigenvalue weighted by atomic mass is 10.2. The predicted molar refractivity (Wildman–Crippen MR) is 118 cm³/mol. The van der Waals surface area contributed by atoms with E-state index in [1.54, 1.807) is 32.6 Å². The van der Waals surface area contributed by atoms with Crippen molar-refractivity contribution in [2.24, 2.45) is 0 Å². The van der Waals surface area contributed by atoms with E-state index in [0.717, 1.165) is 5.56 Å². The van der Waals surface area contributed by atoms with Gasteiger partial charge in [0.05, 0.1) is 30.2 Å². The number of hydrogen-bond donors (Lipinski definition) is 1. The van der Waals surface area contributed by atoms with Crippen LogP contribution >= 0.6 is 24.0 Å². The lowest BCUT2D eigenvalue weighted by Gasteiger charge is -2.13. The summed E-state index contributed by atoms with van der Waals surface area (Å²) in [5.41, 5.74) is 1.49. The van der Waals surface area contributed by atoms with Crippen molar-refractivity contribution in [3.05, 3.63) is 44.7 Å². The van der Waals surface area contributed by atoms with Crippen molar-refractivity contribution < 1.29 is 14.3 Å². The highest BCUT2D eigenvalue weighted by atomic mass is 32.2. The molecule has 0 unspecified atom stereocenters. The van der Waals surface area contributed by atoms with Gasteiger partial charge in [-0.25, -0.2) is 4.98 Å². The number of methoxy groups -OCH3 is 2. The van der Waals surface area contributed by atoms with E-state index in [1.807, 2.05) is 13.0 Å². The number of carbonyl (C=O) groups is 1. The number of rotatable bonds is 8. The Bertz CT molecular complexity index is 1030. The number of nitrogens with zero attached hydrogens (tertiary/aromatic N) is 3. The summed E-state index contributed by atoms with van der Waals surface area (Å²) in [6.07, 6.45) is 3.29. The average molecular weight is 435 g/mol. The van der Waals surface area contributed by atoms with Crippen molar-refractivity contribution in [1.82, 2.24) is 14.3 Å². The molecular formula is C19H22N4O4S2. The number of nitrogens with one attached hydrogen (secondary N) is 1. The van der Waals surface area contributed by atoms with Crippen molar-refractivity contribution >= 4 is 51.7 Å². The summed E-state index contributed by atoms with van der Waals surface area (Å²) in [5, 5.41) is 3.13. The van der Waals surface area contributed by atoms with Crippen LogP contribution < -0.4 is 10.9 Å². The number of thioether (sulfide) groups is 1. The van der Waals surface area contributed by atoms with Crippen LogP contribution in [0.2, 0.25) is 0 Å². The van der Waals surface area contributed by atoms with E-state index < -0.39 is 0 Å². The topological polar surface area (TPSA) is 85.2 Å².